The second-order valence-electron chi connectivity index (χ2n) is 6.93. The Hall–Kier alpha value is -1.36. The van der Waals surface area contributed by atoms with Gasteiger partial charge < -0.3 is 15.2 Å². The second kappa shape index (κ2) is 5.37. The van der Waals surface area contributed by atoms with E-state index in [9.17, 15) is 10.2 Å². The van der Waals surface area contributed by atoms with Gasteiger partial charge in [-0.25, -0.2) is 0 Å². The lowest BCUT2D eigenvalue weighted by Gasteiger charge is -2.47. The van der Waals surface area contributed by atoms with Crippen molar-refractivity contribution in [2.75, 3.05) is 19.7 Å². The van der Waals surface area contributed by atoms with Crippen molar-refractivity contribution < 1.29 is 10.2 Å². The highest BCUT2D eigenvalue weighted by atomic mass is 16.3. The molecular weight excluding hydrogens is 276 g/mol. The van der Waals surface area contributed by atoms with Crippen molar-refractivity contribution in [1.82, 2.24) is 9.88 Å². The molecule has 1 aromatic carbocycles. The summed E-state index contributed by atoms with van der Waals surface area (Å²) in [7, 11) is 0. The molecule has 0 saturated carbocycles. The summed E-state index contributed by atoms with van der Waals surface area (Å²) in [5, 5.41) is 21.2. The van der Waals surface area contributed by atoms with E-state index in [0.717, 1.165) is 25.9 Å². The minimum Gasteiger partial charge on any atom is -0.396 e. The van der Waals surface area contributed by atoms with Crippen molar-refractivity contribution in [1.29, 1.82) is 0 Å². The lowest BCUT2D eigenvalue weighted by molar-refractivity contribution is -0.0224. The zero-order valence-corrected chi connectivity index (χ0v) is 13.0. The van der Waals surface area contributed by atoms with Gasteiger partial charge in [-0.15, -0.1) is 0 Å². The maximum absolute atomic E-state index is 9.97. The van der Waals surface area contributed by atoms with Crippen LogP contribution >= 0.6 is 0 Å². The van der Waals surface area contributed by atoms with Gasteiger partial charge in [0.05, 0.1) is 12.1 Å². The summed E-state index contributed by atoms with van der Waals surface area (Å²) in [5.41, 5.74) is 3.91. The standard InChI is InChI=1S/C18H24N2O2/c1-11(22)12-8-13(10-21)18-17-15(6-7-20(18)9-12)14-4-2-3-5-16(14)19-17/h2-5,11-13,18-19,21-22H,6-10H2,1H3/t11-,12+,13-,18+/m1/s1. The molecule has 2 aromatic rings. The van der Waals surface area contributed by atoms with Crippen LogP contribution in [0.1, 0.15) is 30.6 Å². The van der Waals surface area contributed by atoms with E-state index < -0.39 is 0 Å². The summed E-state index contributed by atoms with van der Waals surface area (Å²) in [6, 6.07) is 8.74. The number of H-pyrrole nitrogens is 1. The number of aliphatic hydroxyl groups excluding tert-OH is 2. The number of rotatable bonds is 2. The van der Waals surface area contributed by atoms with Crippen molar-refractivity contribution >= 4 is 10.9 Å². The maximum Gasteiger partial charge on any atom is 0.0552 e. The average Bonchev–Trinajstić information content (AvgIpc) is 2.92. The molecule has 22 heavy (non-hydrogen) atoms. The number of nitrogens with zero attached hydrogens (tertiary/aromatic N) is 1. The number of hydrogen-bond donors (Lipinski definition) is 3. The van der Waals surface area contributed by atoms with E-state index in [1.54, 1.807) is 0 Å². The molecule has 0 aliphatic carbocycles. The Labute approximate surface area is 130 Å². The highest BCUT2D eigenvalue weighted by molar-refractivity contribution is 5.85. The first-order chi connectivity index (χ1) is 10.7. The second-order valence-corrected chi connectivity index (χ2v) is 6.93. The maximum atomic E-state index is 9.97. The van der Waals surface area contributed by atoms with Gasteiger partial charge in [-0.05, 0) is 37.3 Å². The first-order valence-corrected chi connectivity index (χ1v) is 8.31. The number of aliphatic hydroxyl groups is 2. The molecule has 0 radical (unpaired) electrons. The zero-order chi connectivity index (χ0) is 15.3. The summed E-state index contributed by atoms with van der Waals surface area (Å²) >= 11 is 0. The third-order valence-corrected chi connectivity index (χ3v) is 5.62. The summed E-state index contributed by atoms with van der Waals surface area (Å²) in [5.74, 6) is 0.458. The molecule has 0 unspecified atom stereocenters. The summed E-state index contributed by atoms with van der Waals surface area (Å²) in [4.78, 5) is 6.07. The third kappa shape index (κ3) is 2.09. The van der Waals surface area contributed by atoms with Crippen LogP contribution in [-0.4, -0.2) is 45.9 Å². The van der Waals surface area contributed by atoms with Gasteiger partial charge in [0.1, 0.15) is 0 Å². The number of fused-ring (bicyclic) bond motifs is 5. The Morgan fingerprint density at radius 3 is 2.95 bits per heavy atom. The van der Waals surface area contributed by atoms with Crippen LogP contribution in [0.5, 0.6) is 0 Å². The van der Waals surface area contributed by atoms with Crippen LogP contribution in [0.25, 0.3) is 10.9 Å². The molecule has 3 heterocycles. The number of piperidine rings is 1. The molecule has 1 saturated heterocycles. The molecule has 2 aliphatic rings. The Bertz CT molecular complexity index is 679. The van der Waals surface area contributed by atoms with Gasteiger partial charge in [-0.2, -0.15) is 0 Å². The molecule has 2 aliphatic heterocycles. The highest BCUT2D eigenvalue weighted by Gasteiger charge is 2.42. The Balaban J connectivity index is 1.77. The first-order valence-electron chi connectivity index (χ1n) is 8.31. The number of para-hydroxylation sites is 1. The molecule has 3 N–H and O–H groups in total. The van der Waals surface area contributed by atoms with E-state index in [2.05, 4.69) is 34.1 Å². The molecule has 1 aromatic heterocycles. The lowest BCUT2D eigenvalue weighted by Crippen LogP contribution is -2.49. The number of aromatic nitrogens is 1. The van der Waals surface area contributed by atoms with Gasteiger partial charge in [0.2, 0.25) is 0 Å². The molecule has 118 valence electrons. The van der Waals surface area contributed by atoms with E-state index in [1.807, 2.05) is 6.92 Å². The third-order valence-electron chi connectivity index (χ3n) is 5.62. The summed E-state index contributed by atoms with van der Waals surface area (Å²) in [6.07, 6.45) is 1.63. The van der Waals surface area contributed by atoms with Gasteiger partial charge in [0.25, 0.3) is 0 Å². The molecule has 0 spiro atoms. The van der Waals surface area contributed by atoms with Crippen molar-refractivity contribution in [3.05, 3.63) is 35.5 Å². The van der Waals surface area contributed by atoms with Crippen LogP contribution in [-0.2, 0) is 6.42 Å². The molecular formula is C18H24N2O2. The molecule has 4 nitrogen and oxygen atoms in total. The normalized spacial score (nSPS) is 30.0. The Morgan fingerprint density at radius 1 is 1.36 bits per heavy atom. The van der Waals surface area contributed by atoms with Crippen LogP contribution in [0.3, 0.4) is 0 Å². The molecule has 4 atom stereocenters. The van der Waals surface area contributed by atoms with Crippen LogP contribution < -0.4 is 0 Å². The zero-order valence-electron chi connectivity index (χ0n) is 13.0. The molecule has 0 amide bonds. The summed E-state index contributed by atoms with van der Waals surface area (Å²) in [6.45, 7) is 3.99. The molecule has 1 fully saturated rings. The lowest BCUT2D eigenvalue weighted by atomic mass is 9.77. The van der Waals surface area contributed by atoms with Crippen molar-refractivity contribution in [2.24, 2.45) is 11.8 Å². The Morgan fingerprint density at radius 2 is 2.18 bits per heavy atom. The van der Waals surface area contributed by atoms with Crippen LogP contribution in [0.4, 0.5) is 0 Å². The fourth-order valence-corrected chi connectivity index (χ4v) is 4.48. The number of aromatic amines is 1. The molecule has 0 bridgehead atoms. The van der Waals surface area contributed by atoms with Crippen molar-refractivity contribution in [3.63, 3.8) is 0 Å². The Kier molecular flexibility index (Phi) is 3.48. The quantitative estimate of drug-likeness (QED) is 0.796. The number of benzene rings is 1. The first kappa shape index (κ1) is 14.2. The monoisotopic (exact) mass is 300 g/mol. The fourth-order valence-electron chi connectivity index (χ4n) is 4.48. The van der Waals surface area contributed by atoms with Crippen LogP contribution in [0.15, 0.2) is 24.3 Å². The predicted octanol–water partition coefficient (Wildman–Crippen LogP) is 2.08. The number of nitrogens with one attached hydrogen (secondary N) is 1. The van der Waals surface area contributed by atoms with E-state index in [-0.39, 0.29) is 30.6 Å². The van der Waals surface area contributed by atoms with E-state index in [1.165, 1.54) is 22.2 Å². The smallest absolute Gasteiger partial charge is 0.0552 e. The predicted molar refractivity (Wildman–Crippen MR) is 86.7 cm³/mol. The minimum absolute atomic E-state index is 0.180. The van der Waals surface area contributed by atoms with E-state index in [4.69, 9.17) is 0 Å². The number of hydrogen-bond acceptors (Lipinski definition) is 3. The minimum atomic E-state index is -0.306. The van der Waals surface area contributed by atoms with Crippen molar-refractivity contribution in [2.45, 2.75) is 31.9 Å². The van der Waals surface area contributed by atoms with Gasteiger partial charge >= 0.3 is 0 Å². The SMILES string of the molecule is C[C@@H](O)[C@H]1C[C@H](CO)[C@H]2c3[nH]c4ccccc4c3CCN2C1. The largest absolute Gasteiger partial charge is 0.396 e. The topological polar surface area (TPSA) is 59.5 Å². The van der Waals surface area contributed by atoms with Gasteiger partial charge in [-0.3, -0.25) is 4.90 Å². The van der Waals surface area contributed by atoms with Crippen molar-refractivity contribution in [3.8, 4) is 0 Å². The van der Waals surface area contributed by atoms with E-state index >= 15 is 0 Å². The van der Waals surface area contributed by atoms with Gasteiger partial charge in [-0.1, -0.05) is 18.2 Å². The summed E-state index contributed by atoms with van der Waals surface area (Å²) < 4.78 is 0. The van der Waals surface area contributed by atoms with Crippen LogP contribution in [0, 0.1) is 11.8 Å². The average molecular weight is 300 g/mol. The highest BCUT2D eigenvalue weighted by Crippen LogP contribution is 2.44. The van der Waals surface area contributed by atoms with Crippen LogP contribution in [0.2, 0.25) is 0 Å². The van der Waals surface area contributed by atoms with E-state index in [0.29, 0.717) is 0 Å². The molecule has 4 heteroatoms. The van der Waals surface area contributed by atoms with Gasteiger partial charge in [0, 0.05) is 42.2 Å². The van der Waals surface area contributed by atoms with Gasteiger partial charge in [0.15, 0.2) is 0 Å². The fraction of sp³-hybridized carbons (Fsp3) is 0.556. The molecule has 4 rings (SSSR count).